The number of ether oxygens (including phenoxy) is 2. The normalized spacial score (nSPS) is 13.2. The van der Waals surface area contributed by atoms with E-state index < -0.39 is 11.9 Å². The Morgan fingerprint density at radius 3 is 1.98 bits per heavy atom. The average Bonchev–Trinajstić information content (AvgIpc) is 3.58. The van der Waals surface area contributed by atoms with E-state index in [4.69, 9.17) is 19.4 Å². The lowest BCUT2D eigenvalue weighted by molar-refractivity contribution is -0.136. The highest BCUT2D eigenvalue weighted by molar-refractivity contribution is 6.27. The summed E-state index contributed by atoms with van der Waals surface area (Å²) in [6.45, 7) is 15.9. The smallest absolute Gasteiger partial charge is 0.340 e. The maximum absolute atomic E-state index is 13.3. The topological polar surface area (TPSA) is 110 Å². The van der Waals surface area contributed by atoms with E-state index in [2.05, 4.69) is 30.7 Å². The molecule has 8 nitrogen and oxygen atoms in total. The standard InChI is InChI=1S/C32H34N4O4/c1-9-39-31(37)27-19(7)25-13-23-17(5)15(3)21(33-23)11-12-22-16(4)18(6)24(34-22)14-26-20(8)28(32(38)40-10-2)30(36-26)29(27)35-25/h11-14,33,35H,9-10H2,1-8H3. The van der Waals surface area contributed by atoms with Crippen molar-refractivity contribution < 1.29 is 19.1 Å². The van der Waals surface area contributed by atoms with Crippen molar-refractivity contribution in [3.8, 4) is 0 Å². The van der Waals surface area contributed by atoms with Crippen molar-refractivity contribution in [2.75, 3.05) is 13.2 Å². The molecule has 0 unspecified atom stereocenters. The largest absolute Gasteiger partial charge is 0.462 e. The van der Waals surface area contributed by atoms with Gasteiger partial charge in [0.2, 0.25) is 0 Å². The number of rotatable bonds is 4. The Morgan fingerprint density at radius 1 is 0.675 bits per heavy atom. The number of hydrogen-bond acceptors (Lipinski definition) is 6. The third-order valence-corrected chi connectivity index (χ3v) is 7.89. The molecule has 0 saturated heterocycles. The predicted octanol–water partition coefficient (Wildman–Crippen LogP) is 6.86. The van der Waals surface area contributed by atoms with Gasteiger partial charge in [-0.1, -0.05) is 0 Å². The maximum Gasteiger partial charge on any atom is 0.340 e. The van der Waals surface area contributed by atoms with Gasteiger partial charge in [0, 0.05) is 16.6 Å². The van der Waals surface area contributed by atoms with E-state index in [0.717, 1.165) is 50.2 Å². The first-order chi connectivity index (χ1) is 19.1. The summed E-state index contributed by atoms with van der Waals surface area (Å²) in [6.07, 6.45) is 0. The monoisotopic (exact) mass is 538 g/mol. The fourth-order valence-corrected chi connectivity index (χ4v) is 5.20. The molecule has 40 heavy (non-hydrogen) atoms. The van der Waals surface area contributed by atoms with Gasteiger partial charge in [0.15, 0.2) is 0 Å². The third kappa shape index (κ3) is 4.33. The molecule has 2 aliphatic rings. The Hall–Kier alpha value is -4.46. The van der Waals surface area contributed by atoms with Crippen molar-refractivity contribution in [3.63, 3.8) is 0 Å². The van der Waals surface area contributed by atoms with Crippen molar-refractivity contribution >= 4 is 56.3 Å². The van der Waals surface area contributed by atoms with Crippen LogP contribution in [0, 0.1) is 20.8 Å². The van der Waals surface area contributed by atoms with E-state index in [-0.39, 0.29) is 13.2 Å². The molecule has 0 aliphatic carbocycles. The van der Waals surface area contributed by atoms with Crippen LogP contribution in [0.4, 0.5) is 0 Å². The summed E-state index contributed by atoms with van der Waals surface area (Å²) in [5.74, 6) is -0.984. The molecule has 8 bridgehead atoms. The number of hydrogen-bond donors (Lipinski definition) is 2. The SMILES string of the molecule is CCOC(=O)C1=C(C)c2cc3nc(ccc4[nH]c(cc5[nH]c(c1n2)c(C(=O)OCC)c5C)c(C)c4C)C(C)=C3C. The minimum atomic E-state index is -0.500. The van der Waals surface area contributed by atoms with E-state index >= 15 is 0 Å². The Labute approximate surface area is 233 Å². The number of aryl methyl sites for hydroxylation is 3. The van der Waals surface area contributed by atoms with Crippen molar-refractivity contribution in [3.05, 3.63) is 69.3 Å². The summed E-state index contributed by atoms with van der Waals surface area (Å²) < 4.78 is 10.9. The van der Waals surface area contributed by atoms with Crippen LogP contribution in [0.2, 0.25) is 0 Å². The lowest BCUT2D eigenvalue weighted by Crippen LogP contribution is -2.09. The molecule has 5 rings (SSSR count). The molecule has 0 radical (unpaired) electrons. The van der Waals surface area contributed by atoms with Gasteiger partial charge in [-0.25, -0.2) is 19.6 Å². The number of allylic oxidation sites excluding steroid dienone is 3. The molecular weight excluding hydrogens is 504 g/mol. The van der Waals surface area contributed by atoms with Gasteiger partial charge in [-0.2, -0.15) is 0 Å². The molecular formula is C32H34N4O4. The van der Waals surface area contributed by atoms with Crippen LogP contribution in [0.25, 0.3) is 44.4 Å². The second kappa shape index (κ2) is 10.3. The third-order valence-electron chi connectivity index (χ3n) is 7.89. The summed E-state index contributed by atoms with van der Waals surface area (Å²) in [7, 11) is 0. The number of esters is 2. The number of nitrogens with zero attached hydrogens (tertiary/aromatic N) is 2. The van der Waals surface area contributed by atoms with Crippen LogP contribution >= 0.6 is 0 Å². The van der Waals surface area contributed by atoms with Crippen LogP contribution in [0.5, 0.6) is 0 Å². The predicted molar refractivity (Wildman–Crippen MR) is 158 cm³/mol. The Balaban J connectivity index is 2.02. The van der Waals surface area contributed by atoms with Gasteiger partial charge in [-0.05, 0) is 113 Å². The fourth-order valence-electron chi connectivity index (χ4n) is 5.20. The molecule has 2 aliphatic heterocycles. The van der Waals surface area contributed by atoms with Crippen molar-refractivity contribution in [1.29, 1.82) is 0 Å². The highest BCUT2D eigenvalue weighted by Gasteiger charge is 2.30. The van der Waals surface area contributed by atoms with Gasteiger partial charge in [-0.15, -0.1) is 0 Å². The molecule has 5 heterocycles. The Kier molecular flexibility index (Phi) is 6.96. The zero-order chi connectivity index (χ0) is 28.9. The van der Waals surface area contributed by atoms with Crippen LogP contribution in [0.15, 0.2) is 24.3 Å². The van der Waals surface area contributed by atoms with Crippen molar-refractivity contribution in [2.24, 2.45) is 0 Å². The van der Waals surface area contributed by atoms with Gasteiger partial charge < -0.3 is 19.4 Å². The quantitative estimate of drug-likeness (QED) is 0.351. The molecule has 206 valence electrons. The van der Waals surface area contributed by atoms with Crippen LogP contribution in [-0.2, 0) is 14.3 Å². The first-order valence-corrected chi connectivity index (χ1v) is 13.5. The molecule has 3 aromatic heterocycles. The van der Waals surface area contributed by atoms with Gasteiger partial charge in [0.05, 0.1) is 46.9 Å². The number of carbonyl (C=O) groups excluding carboxylic acids is 2. The molecule has 0 aromatic carbocycles. The highest BCUT2D eigenvalue weighted by Crippen LogP contribution is 2.37. The molecule has 3 aromatic rings. The lowest BCUT2D eigenvalue weighted by Gasteiger charge is -2.06. The first-order valence-electron chi connectivity index (χ1n) is 13.5. The van der Waals surface area contributed by atoms with Crippen LogP contribution in [-0.4, -0.2) is 45.1 Å². The minimum absolute atomic E-state index is 0.210. The average molecular weight is 539 g/mol. The minimum Gasteiger partial charge on any atom is -0.462 e. The summed E-state index contributed by atoms with van der Waals surface area (Å²) >= 11 is 0. The number of nitrogens with one attached hydrogen (secondary N) is 2. The van der Waals surface area contributed by atoms with E-state index in [1.807, 2.05) is 45.0 Å². The molecule has 8 heteroatoms. The number of aromatic amines is 2. The summed E-state index contributed by atoms with van der Waals surface area (Å²) in [5, 5.41) is 0. The first kappa shape index (κ1) is 27.1. The van der Waals surface area contributed by atoms with E-state index in [1.54, 1.807) is 13.8 Å². The molecule has 0 fully saturated rings. The van der Waals surface area contributed by atoms with Crippen molar-refractivity contribution in [2.45, 2.75) is 55.4 Å². The molecule has 0 amide bonds. The zero-order valence-corrected chi connectivity index (χ0v) is 24.3. The second-order valence-corrected chi connectivity index (χ2v) is 10.2. The maximum atomic E-state index is 13.3. The van der Waals surface area contributed by atoms with Gasteiger partial charge >= 0.3 is 11.9 Å². The van der Waals surface area contributed by atoms with E-state index in [1.165, 1.54) is 0 Å². The summed E-state index contributed by atoms with van der Waals surface area (Å²) in [6, 6.07) is 7.94. The second-order valence-electron chi connectivity index (χ2n) is 10.2. The molecule has 0 saturated carbocycles. The molecule has 0 atom stereocenters. The Morgan fingerprint density at radius 2 is 1.27 bits per heavy atom. The lowest BCUT2D eigenvalue weighted by atomic mass is 10.0. The molecule has 2 N–H and O–H groups in total. The number of H-pyrrole nitrogens is 2. The van der Waals surface area contributed by atoms with Gasteiger partial charge in [0.25, 0.3) is 0 Å². The summed E-state index contributed by atoms with van der Waals surface area (Å²) in [5.41, 5.74) is 11.9. The van der Waals surface area contributed by atoms with Crippen LogP contribution in [0.3, 0.4) is 0 Å². The van der Waals surface area contributed by atoms with E-state index in [0.29, 0.717) is 39.2 Å². The van der Waals surface area contributed by atoms with E-state index in [9.17, 15) is 9.59 Å². The van der Waals surface area contributed by atoms with Gasteiger partial charge in [-0.3, -0.25) is 0 Å². The van der Waals surface area contributed by atoms with Crippen LogP contribution in [0.1, 0.15) is 84.4 Å². The van der Waals surface area contributed by atoms with Crippen molar-refractivity contribution in [1.82, 2.24) is 19.9 Å². The fraction of sp³-hybridized carbons (Fsp3) is 0.312. The molecule has 0 spiro atoms. The van der Waals surface area contributed by atoms with Gasteiger partial charge in [0.1, 0.15) is 5.69 Å². The zero-order valence-electron chi connectivity index (χ0n) is 24.3. The number of fused-ring (bicyclic) bond motifs is 9. The summed E-state index contributed by atoms with van der Waals surface area (Å²) in [4.78, 5) is 43.3. The number of carbonyl (C=O) groups is 2. The van der Waals surface area contributed by atoms with Crippen LogP contribution < -0.4 is 0 Å². The Bertz CT molecular complexity index is 1820. The highest BCUT2D eigenvalue weighted by atomic mass is 16.5. The number of aromatic nitrogens is 4.